The number of rotatable bonds is 7. The molecule has 41 heavy (non-hydrogen) atoms. The van der Waals surface area contributed by atoms with Gasteiger partial charge in [0.25, 0.3) is 0 Å². The van der Waals surface area contributed by atoms with E-state index in [0.29, 0.717) is 12.8 Å². The summed E-state index contributed by atoms with van der Waals surface area (Å²) in [5.41, 5.74) is 0.0744. The first kappa shape index (κ1) is 28.9. The van der Waals surface area contributed by atoms with Crippen LogP contribution in [0.3, 0.4) is 0 Å². The second kappa shape index (κ2) is 10.7. The summed E-state index contributed by atoms with van der Waals surface area (Å²) in [6.07, 6.45) is -3.88. The Morgan fingerprint density at radius 2 is 1.76 bits per heavy atom. The molecule has 1 saturated carbocycles. The lowest BCUT2D eigenvalue weighted by Crippen LogP contribution is -2.48. The second-order valence-corrected chi connectivity index (χ2v) is 11.8. The van der Waals surface area contributed by atoms with Gasteiger partial charge in [0.05, 0.1) is 28.9 Å². The molecule has 15 heteroatoms. The van der Waals surface area contributed by atoms with Crippen LogP contribution in [0.15, 0.2) is 47.6 Å². The van der Waals surface area contributed by atoms with E-state index < -0.39 is 64.2 Å². The number of nitrogens with one attached hydrogen (secondary N) is 1. The van der Waals surface area contributed by atoms with E-state index in [4.69, 9.17) is 0 Å². The van der Waals surface area contributed by atoms with Gasteiger partial charge in [-0.15, -0.1) is 0 Å². The van der Waals surface area contributed by atoms with Crippen LogP contribution < -0.4 is 5.32 Å². The fourth-order valence-corrected chi connectivity index (χ4v) is 6.55. The number of carbonyl (C=O) groups is 1. The van der Waals surface area contributed by atoms with Crippen LogP contribution in [0.1, 0.15) is 50.7 Å². The van der Waals surface area contributed by atoms with Crippen molar-refractivity contribution < 1.29 is 41.0 Å². The van der Waals surface area contributed by atoms with Gasteiger partial charge in [-0.3, -0.25) is 9.78 Å². The van der Waals surface area contributed by atoms with Crippen molar-refractivity contribution in [2.75, 3.05) is 0 Å². The third-order valence-corrected chi connectivity index (χ3v) is 9.04. The standard InChI is InChI=1S/C26H23F6N5O3S.H2/c1-13-20(28)9-21(37(13)41(39,40)18-6-4-16(27)5-7-18)24(38)33-12-17-8-19(22(29)23(36-17)14-2-3-14)15-10-34-25(35-11-15)26(30,31)32;/h4-8,10-11,13-14,20-21H,2-3,9,12H2,1H3,(H,33,38);1H/t13-,20+,21-;/m0./s1. The average Bonchev–Trinajstić information content (AvgIpc) is 3.72. The van der Waals surface area contributed by atoms with Crippen LogP contribution in [-0.4, -0.2) is 51.8 Å². The van der Waals surface area contributed by atoms with Crippen molar-refractivity contribution in [1.82, 2.24) is 24.6 Å². The molecule has 2 aliphatic rings. The van der Waals surface area contributed by atoms with Crippen LogP contribution >= 0.6 is 0 Å². The summed E-state index contributed by atoms with van der Waals surface area (Å²) in [5, 5.41) is 2.52. The minimum absolute atomic E-state index is 0. The van der Waals surface area contributed by atoms with E-state index in [-0.39, 0.29) is 41.3 Å². The molecule has 0 unspecified atom stereocenters. The van der Waals surface area contributed by atoms with E-state index in [1.165, 1.54) is 13.0 Å². The second-order valence-electron chi connectivity index (χ2n) is 9.94. The fourth-order valence-electron chi connectivity index (χ4n) is 4.74. The summed E-state index contributed by atoms with van der Waals surface area (Å²) in [5.74, 6) is -3.84. The van der Waals surface area contributed by atoms with Gasteiger partial charge in [0.1, 0.15) is 18.0 Å². The maximum atomic E-state index is 15.3. The highest BCUT2D eigenvalue weighted by atomic mass is 32.2. The molecule has 3 atom stereocenters. The van der Waals surface area contributed by atoms with Gasteiger partial charge in [0.2, 0.25) is 21.8 Å². The zero-order valence-corrected chi connectivity index (χ0v) is 22.2. The third-order valence-electron chi connectivity index (χ3n) is 7.03. The lowest BCUT2D eigenvalue weighted by Gasteiger charge is -2.27. The smallest absolute Gasteiger partial charge is 0.349 e. The molecule has 5 rings (SSSR count). The monoisotopic (exact) mass is 601 g/mol. The van der Waals surface area contributed by atoms with Crippen LogP contribution in [0.4, 0.5) is 26.3 Å². The van der Waals surface area contributed by atoms with Gasteiger partial charge in [-0.05, 0) is 50.1 Å². The molecule has 8 nitrogen and oxygen atoms in total. The third kappa shape index (κ3) is 5.77. The van der Waals surface area contributed by atoms with Crippen LogP contribution in [0.25, 0.3) is 11.1 Å². The molecular formula is C26H25F6N5O3S. The normalized spacial score (nSPS) is 21.7. The lowest BCUT2D eigenvalue weighted by atomic mass is 10.0. The molecule has 1 aliphatic carbocycles. The molecule has 1 aliphatic heterocycles. The molecule has 2 fully saturated rings. The summed E-state index contributed by atoms with van der Waals surface area (Å²) >= 11 is 0. The largest absolute Gasteiger partial charge is 0.451 e. The van der Waals surface area contributed by atoms with E-state index in [1.54, 1.807) is 0 Å². The number of carbonyl (C=O) groups excluding carboxylic acids is 1. The fraction of sp³-hybridized carbons (Fsp3) is 0.385. The molecule has 3 heterocycles. The number of nitrogens with zero attached hydrogens (tertiary/aromatic N) is 4. The first-order valence-electron chi connectivity index (χ1n) is 12.6. The molecule has 3 aromatic rings. The number of benzene rings is 1. The number of hydrogen-bond acceptors (Lipinski definition) is 6. The van der Waals surface area contributed by atoms with Gasteiger partial charge in [0.15, 0.2) is 5.82 Å². The molecular weight excluding hydrogens is 576 g/mol. The van der Waals surface area contributed by atoms with Gasteiger partial charge >= 0.3 is 6.18 Å². The molecule has 220 valence electrons. The average molecular weight is 602 g/mol. The summed E-state index contributed by atoms with van der Waals surface area (Å²) in [6, 6.07) is 2.53. The summed E-state index contributed by atoms with van der Waals surface area (Å²) < 4.78 is 109. The Kier molecular flexibility index (Phi) is 7.53. The lowest BCUT2D eigenvalue weighted by molar-refractivity contribution is -0.145. The van der Waals surface area contributed by atoms with E-state index in [9.17, 15) is 35.2 Å². The highest BCUT2D eigenvalue weighted by Gasteiger charge is 2.49. The Labute approximate surface area is 232 Å². The van der Waals surface area contributed by atoms with Crippen LogP contribution in [0.5, 0.6) is 0 Å². The molecule has 1 N–H and O–H groups in total. The first-order chi connectivity index (χ1) is 19.3. The van der Waals surface area contributed by atoms with E-state index in [2.05, 4.69) is 20.3 Å². The van der Waals surface area contributed by atoms with Crippen molar-refractivity contribution >= 4 is 15.9 Å². The molecule has 0 bridgehead atoms. The maximum Gasteiger partial charge on any atom is 0.451 e. The van der Waals surface area contributed by atoms with Crippen LogP contribution in [-0.2, 0) is 27.5 Å². The number of sulfonamides is 1. The highest BCUT2D eigenvalue weighted by molar-refractivity contribution is 7.89. The Hall–Kier alpha value is -3.59. The minimum Gasteiger partial charge on any atom is -0.349 e. The number of pyridine rings is 1. The Morgan fingerprint density at radius 3 is 2.34 bits per heavy atom. The minimum atomic E-state index is -4.78. The van der Waals surface area contributed by atoms with Crippen molar-refractivity contribution in [2.24, 2.45) is 0 Å². The number of hydrogen-bond donors (Lipinski definition) is 1. The Morgan fingerprint density at radius 1 is 1.12 bits per heavy atom. The van der Waals surface area contributed by atoms with Gasteiger partial charge in [0, 0.05) is 37.3 Å². The van der Waals surface area contributed by atoms with Crippen molar-refractivity contribution in [3.63, 3.8) is 0 Å². The number of halogens is 6. The van der Waals surface area contributed by atoms with Crippen molar-refractivity contribution in [3.8, 4) is 11.1 Å². The van der Waals surface area contributed by atoms with Crippen LogP contribution in [0, 0.1) is 11.6 Å². The Balaban J connectivity index is 0.00000405. The number of amides is 1. The zero-order chi connectivity index (χ0) is 29.7. The van der Waals surface area contributed by atoms with Crippen LogP contribution in [0.2, 0.25) is 0 Å². The van der Waals surface area contributed by atoms with E-state index in [1.807, 2.05) is 0 Å². The molecule has 1 aromatic carbocycles. The van der Waals surface area contributed by atoms with Crippen molar-refractivity contribution in [3.05, 3.63) is 71.6 Å². The molecule has 1 amide bonds. The molecule has 0 radical (unpaired) electrons. The van der Waals surface area contributed by atoms with Gasteiger partial charge in [-0.25, -0.2) is 31.6 Å². The SMILES string of the molecule is C[C@H]1[C@H](F)C[C@@H](C(=O)NCc2cc(-c3cnc(C(F)(F)F)nc3)c(F)c(C3CC3)n2)N1S(=O)(=O)c1ccc(F)cc1.[HH]. The number of alkyl halides is 4. The quantitative estimate of drug-likeness (QED) is 0.392. The Bertz CT molecular complexity index is 1570. The zero-order valence-electron chi connectivity index (χ0n) is 21.4. The van der Waals surface area contributed by atoms with E-state index in [0.717, 1.165) is 41.0 Å². The molecule has 0 spiro atoms. The topological polar surface area (TPSA) is 105 Å². The van der Waals surface area contributed by atoms with Gasteiger partial charge in [-0.2, -0.15) is 17.5 Å². The van der Waals surface area contributed by atoms with Crippen molar-refractivity contribution in [2.45, 2.75) is 68.0 Å². The predicted octanol–water partition coefficient (Wildman–Crippen LogP) is 4.77. The van der Waals surface area contributed by atoms with Gasteiger partial charge in [-0.1, -0.05) is 0 Å². The number of aromatic nitrogens is 3. The van der Waals surface area contributed by atoms with E-state index >= 15 is 4.39 Å². The summed E-state index contributed by atoms with van der Waals surface area (Å²) in [7, 11) is -4.38. The summed E-state index contributed by atoms with van der Waals surface area (Å²) in [4.78, 5) is 23.7. The highest BCUT2D eigenvalue weighted by Crippen LogP contribution is 2.42. The van der Waals surface area contributed by atoms with Gasteiger partial charge < -0.3 is 5.32 Å². The summed E-state index contributed by atoms with van der Waals surface area (Å²) in [6.45, 7) is 1.01. The first-order valence-corrected chi connectivity index (χ1v) is 14.0. The molecule has 2 aromatic heterocycles. The maximum absolute atomic E-state index is 15.3. The predicted molar refractivity (Wildman–Crippen MR) is 134 cm³/mol. The van der Waals surface area contributed by atoms with Crippen molar-refractivity contribution in [1.29, 1.82) is 0 Å². The molecule has 1 saturated heterocycles.